The van der Waals surface area contributed by atoms with E-state index in [0.29, 0.717) is 35.1 Å². The van der Waals surface area contributed by atoms with Crippen LogP contribution < -0.4 is 10.1 Å². The molecule has 0 atom stereocenters. The van der Waals surface area contributed by atoms with E-state index in [0.717, 1.165) is 16.9 Å². The maximum atomic E-state index is 12.8. The monoisotopic (exact) mass is 440 g/mol. The number of benzene rings is 2. The summed E-state index contributed by atoms with van der Waals surface area (Å²) in [5, 5.41) is 7.67. The van der Waals surface area contributed by atoms with E-state index in [-0.39, 0.29) is 11.8 Å². The number of carbonyl (C=O) groups is 2. The second kappa shape index (κ2) is 9.66. The number of ether oxygens (including phenoxy) is 1. The van der Waals surface area contributed by atoms with Crippen LogP contribution in [0.25, 0.3) is 0 Å². The van der Waals surface area contributed by atoms with Gasteiger partial charge in [0.2, 0.25) is 0 Å². The molecule has 0 radical (unpaired) electrons. The molecule has 0 saturated carbocycles. The van der Waals surface area contributed by atoms with Crippen LogP contribution in [0.3, 0.4) is 0 Å². The highest BCUT2D eigenvalue weighted by Crippen LogP contribution is 2.23. The molecule has 0 fully saturated rings. The molecule has 31 heavy (non-hydrogen) atoms. The van der Waals surface area contributed by atoms with Crippen molar-refractivity contribution in [2.45, 2.75) is 27.0 Å². The van der Waals surface area contributed by atoms with Gasteiger partial charge in [-0.05, 0) is 55.3 Å². The van der Waals surface area contributed by atoms with E-state index in [1.165, 1.54) is 11.1 Å². The highest BCUT2D eigenvalue weighted by molar-refractivity contribution is 6.30. The summed E-state index contributed by atoms with van der Waals surface area (Å²) in [4.78, 5) is 26.8. The molecule has 162 valence electrons. The summed E-state index contributed by atoms with van der Waals surface area (Å²) in [6, 6.07) is 12.6. The molecule has 3 rings (SSSR count). The van der Waals surface area contributed by atoms with Crippen LogP contribution >= 0.6 is 11.6 Å². The van der Waals surface area contributed by atoms with Crippen LogP contribution in [0.1, 0.15) is 38.9 Å². The Kier molecular flexibility index (Phi) is 6.97. The van der Waals surface area contributed by atoms with Crippen LogP contribution in [0.4, 0.5) is 5.69 Å². The summed E-state index contributed by atoms with van der Waals surface area (Å²) in [5.41, 5.74) is 2.97. The van der Waals surface area contributed by atoms with Crippen molar-refractivity contribution in [2.24, 2.45) is 0 Å². The number of aryl methyl sites for hydroxylation is 2. The Labute approximate surface area is 186 Å². The summed E-state index contributed by atoms with van der Waals surface area (Å²) >= 11 is 5.99. The minimum atomic E-state index is -0.326. The quantitative estimate of drug-likeness (QED) is 0.590. The van der Waals surface area contributed by atoms with Crippen LogP contribution in [0.5, 0.6) is 5.75 Å². The van der Waals surface area contributed by atoms with Crippen molar-refractivity contribution in [3.63, 3.8) is 0 Å². The maximum absolute atomic E-state index is 12.8. The first-order chi connectivity index (χ1) is 14.8. The fourth-order valence-corrected chi connectivity index (χ4v) is 3.31. The molecule has 0 aliphatic carbocycles. The minimum Gasteiger partial charge on any atom is -0.489 e. The van der Waals surface area contributed by atoms with E-state index in [2.05, 4.69) is 10.4 Å². The molecule has 0 bridgehead atoms. The first-order valence-corrected chi connectivity index (χ1v) is 10.2. The molecular weight excluding hydrogens is 416 g/mol. The molecule has 2 aromatic carbocycles. The SMILES string of the molecule is CCn1ncc(NC(=O)c2cccc(COc3ccc(Cl)cc3C)c2)c1C(=O)N(C)C. The van der Waals surface area contributed by atoms with Gasteiger partial charge >= 0.3 is 0 Å². The molecule has 0 unspecified atom stereocenters. The first kappa shape index (κ1) is 22.4. The van der Waals surface area contributed by atoms with Crippen molar-refractivity contribution in [3.8, 4) is 5.75 Å². The van der Waals surface area contributed by atoms with E-state index < -0.39 is 0 Å². The number of hydrogen-bond donors (Lipinski definition) is 1. The van der Waals surface area contributed by atoms with Crippen molar-refractivity contribution >= 4 is 29.1 Å². The highest BCUT2D eigenvalue weighted by atomic mass is 35.5. The van der Waals surface area contributed by atoms with Gasteiger partial charge in [-0.3, -0.25) is 14.3 Å². The zero-order valence-corrected chi connectivity index (χ0v) is 18.7. The lowest BCUT2D eigenvalue weighted by Gasteiger charge is -2.14. The summed E-state index contributed by atoms with van der Waals surface area (Å²) in [7, 11) is 3.32. The Morgan fingerprint density at radius 1 is 1.19 bits per heavy atom. The van der Waals surface area contributed by atoms with Gasteiger partial charge in [0.25, 0.3) is 11.8 Å². The van der Waals surface area contributed by atoms with Gasteiger partial charge in [0.05, 0.1) is 11.9 Å². The molecule has 7 nitrogen and oxygen atoms in total. The van der Waals surface area contributed by atoms with Crippen molar-refractivity contribution in [3.05, 3.63) is 76.1 Å². The van der Waals surface area contributed by atoms with E-state index in [1.54, 1.807) is 43.0 Å². The number of halogens is 1. The summed E-state index contributed by atoms with van der Waals surface area (Å²) in [6.07, 6.45) is 1.49. The minimum absolute atomic E-state index is 0.227. The van der Waals surface area contributed by atoms with Gasteiger partial charge in [0, 0.05) is 31.2 Å². The Morgan fingerprint density at radius 2 is 1.97 bits per heavy atom. The average Bonchev–Trinajstić information content (AvgIpc) is 3.15. The number of amides is 2. The number of nitrogens with zero attached hydrogens (tertiary/aromatic N) is 3. The van der Waals surface area contributed by atoms with Gasteiger partial charge < -0.3 is 15.0 Å². The third kappa shape index (κ3) is 5.24. The molecular formula is C23H25ClN4O3. The van der Waals surface area contributed by atoms with Gasteiger partial charge in [-0.2, -0.15) is 5.10 Å². The summed E-state index contributed by atoms with van der Waals surface area (Å²) in [5.74, 6) is 0.182. The third-order valence-corrected chi connectivity index (χ3v) is 4.95. The first-order valence-electron chi connectivity index (χ1n) is 9.86. The molecule has 2 amide bonds. The maximum Gasteiger partial charge on any atom is 0.273 e. The molecule has 0 aliphatic rings. The van der Waals surface area contributed by atoms with Crippen LogP contribution in [-0.2, 0) is 13.2 Å². The van der Waals surface area contributed by atoms with Crippen molar-refractivity contribution in [1.82, 2.24) is 14.7 Å². The molecule has 1 aromatic heterocycles. The fourth-order valence-electron chi connectivity index (χ4n) is 3.09. The summed E-state index contributed by atoms with van der Waals surface area (Å²) < 4.78 is 7.44. The Balaban J connectivity index is 1.75. The molecule has 1 heterocycles. The number of aromatic nitrogens is 2. The number of rotatable bonds is 7. The number of carbonyl (C=O) groups excluding carboxylic acids is 2. The second-order valence-corrected chi connectivity index (χ2v) is 7.71. The predicted octanol–water partition coefficient (Wildman–Crippen LogP) is 4.40. The van der Waals surface area contributed by atoms with Gasteiger partial charge in [-0.1, -0.05) is 23.7 Å². The molecule has 0 spiro atoms. The van der Waals surface area contributed by atoms with Gasteiger partial charge in [-0.15, -0.1) is 0 Å². The second-order valence-electron chi connectivity index (χ2n) is 7.28. The lowest BCUT2D eigenvalue weighted by Crippen LogP contribution is -2.26. The molecule has 3 aromatic rings. The Bertz CT molecular complexity index is 1110. The normalized spacial score (nSPS) is 10.6. The average molecular weight is 441 g/mol. The number of hydrogen-bond acceptors (Lipinski definition) is 4. The van der Waals surface area contributed by atoms with Crippen molar-refractivity contribution in [2.75, 3.05) is 19.4 Å². The van der Waals surface area contributed by atoms with Gasteiger partial charge in [-0.25, -0.2) is 0 Å². The molecule has 0 saturated heterocycles. The van der Waals surface area contributed by atoms with E-state index in [1.807, 2.05) is 32.0 Å². The van der Waals surface area contributed by atoms with Crippen LogP contribution in [0.15, 0.2) is 48.7 Å². The van der Waals surface area contributed by atoms with Crippen molar-refractivity contribution < 1.29 is 14.3 Å². The zero-order chi connectivity index (χ0) is 22.5. The lowest BCUT2D eigenvalue weighted by atomic mass is 10.1. The smallest absolute Gasteiger partial charge is 0.273 e. The fraction of sp³-hybridized carbons (Fsp3) is 0.261. The topological polar surface area (TPSA) is 76.5 Å². The van der Waals surface area contributed by atoms with Crippen LogP contribution in [0, 0.1) is 6.92 Å². The highest BCUT2D eigenvalue weighted by Gasteiger charge is 2.21. The van der Waals surface area contributed by atoms with E-state index in [9.17, 15) is 9.59 Å². The number of anilines is 1. The third-order valence-electron chi connectivity index (χ3n) is 4.72. The molecule has 8 heteroatoms. The Morgan fingerprint density at radius 3 is 2.65 bits per heavy atom. The van der Waals surface area contributed by atoms with E-state index in [4.69, 9.17) is 16.3 Å². The predicted molar refractivity (Wildman–Crippen MR) is 121 cm³/mol. The van der Waals surface area contributed by atoms with Gasteiger partial charge in [0.1, 0.15) is 18.1 Å². The standard InChI is InChI=1S/C23H25ClN4O3/c1-5-28-21(23(30)27(3)4)19(13-25-28)26-22(29)17-8-6-7-16(12-17)14-31-20-10-9-18(24)11-15(20)2/h6-13H,5,14H2,1-4H3,(H,26,29). The summed E-state index contributed by atoms with van der Waals surface area (Å²) in [6.45, 7) is 4.63. The van der Waals surface area contributed by atoms with Crippen molar-refractivity contribution in [1.29, 1.82) is 0 Å². The van der Waals surface area contributed by atoms with Gasteiger partial charge in [0.15, 0.2) is 0 Å². The zero-order valence-electron chi connectivity index (χ0n) is 18.0. The number of nitrogens with one attached hydrogen (secondary N) is 1. The molecule has 0 aliphatic heterocycles. The molecule has 1 N–H and O–H groups in total. The largest absolute Gasteiger partial charge is 0.489 e. The lowest BCUT2D eigenvalue weighted by molar-refractivity contribution is 0.0816. The van der Waals surface area contributed by atoms with Crippen LogP contribution in [-0.4, -0.2) is 40.6 Å². The Hall–Kier alpha value is -3.32. The van der Waals surface area contributed by atoms with E-state index >= 15 is 0 Å². The van der Waals surface area contributed by atoms with Crippen LogP contribution in [0.2, 0.25) is 5.02 Å².